The van der Waals surface area contributed by atoms with Crippen LogP contribution in [-0.2, 0) is 5.41 Å². The van der Waals surface area contributed by atoms with E-state index in [0.717, 1.165) is 5.69 Å². The van der Waals surface area contributed by atoms with Crippen LogP contribution >= 0.6 is 0 Å². The minimum absolute atomic E-state index is 0.0456. The van der Waals surface area contributed by atoms with Gasteiger partial charge in [-0.15, -0.1) is 0 Å². The molecule has 2 aliphatic heterocycles. The second-order valence-corrected chi connectivity index (χ2v) is 7.71. The quantitative estimate of drug-likeness (QED) is 0.329. The van der Waals surface area contributed by atoms with Crippen molar-refractivity contribution in [1.82, 2.24) is 4.98 Å². The molecule has 3 heterocycles. The van der Waals surface area contributed by atoms with Gasteiger partial charge in [0.25, 0.3) is 0 Å². The predicted molar refractivity (Wildman–Crippen MR) is 108 cm³/mol. The number of hydrogen-bond acceptors (Lipinski definition) is 2. The first-order chi connectivity index (χ1) is 12.7. The van der Waals surface area contributed by atoms with Gasteiger partial charge in [0.15, 0.2) is 0 Å². The van der Waals surface area contributed by atoms with E-state index >= 15 is 0 Å². The number of para-hydroxylation sites is 2. The summed E-state index contributed by atoms with van der Waals surface area (Å²) in [6.07, 6.45) is 1.93. The molecular formula is C24H18N2. The number of rotatable bonds is 0. The maximum absolute atomic E-state index is 4.79. The molecule has 2 heteroatoms. The van der Waals surface area contributed by atoms with Gasteiger partial charge in [0, 0.05) is 22.6 Å². The second-order valence-electron chi connectivity index (χ2n) is 7.71. The highest BCUT2D eigenvalue weighted by Crippen LogP contribution is 2.58. The van der Waals surface area contributed by atoms with Gasteiger partial charge in [0.2, 0.25) is 0 Å². The smallest absolute Gasteiger partial charge is 0.0822 e. The molecule has 0 N–H and O–H groups in total. The van der Waals surface area contributed by atoms with E-state index in [1.807, 2.05) is 6.20 Å². The summed E-state index contributed by atoms with van der Waals surface area (Å²) in [6, 6.07) is 24.1. The van der Waals surface area contributed by atoms with Gasteiger partial charge in [-0.25, -0.2) is 0 Å². The Bertz CT molecular complexity index is 1220. The van der Waals surface area contributed by atoms with Crippen molar-refractivity contribution < 1.29 is 0 Å². The lowest BCUT2D eigenvalue weighted by atomic mass is 9.71. The summed E-state index contributed by atoms with van der Waals surface area (Å²) in [5.74, 6) is 0. The summed E-state index contributed by atoms with van der Waals surface area (Å²) in [5.41, 5.74) is 8.79. The molecule has 1 aromatic heterocycles. The number of aromatic nitrogens is 1. The van der Waals surface area contributed by atoms with Crippen LogP contribution < -0.4 is 4.90 Å². The highest BCUT2D eigenvalue weighted by Gasteiger charge is 2.40. The number of pyridine rings is 1. The minimum Gasteiger partial charge on any atom is -0.308 e. The molecule has 0 fully saturated rings. The fraction of sp³-hybridized carbons (Fsp3) is 0.125. The summed E-state index contributed by atoms with van der Waals surface area (Å²) < 4.78 is 0. The summed E-state index contributed by atoms with van der Waals surface area (Å²) in [7, 11) is 0. The van der Waals surface area contributed by atoms with Crippen LogP contribution in [-0.4, -0.2) is 4.98 Å². The van der Waals surface area contributed by atoms with Crippen LogP contribution in [0, 0.1) is 0 Å². The van der Waals surface area contributed by atoms with Crippen LogP contribution in [0.3, 0.4) is 0 Å². The molecule has 0 amide bonds. The summed E-state index contributed by atoms with van der Waals surface area (Å²) in [6.45, 7) is 4.66. The van der Waals surface area contributed by atoms with Crippen molar-refractivity contribution >= 4 is 27.8 Å². The van der Waals surface area contributed by atoms with Crippen LogP contribution in [0.4, 0.5) is 17.1 Å². The van der Waals surface area contributed by atoms with E-state index in [1.165, 1.54) is 44.5 Å². The van der Waals surface area contributed by atoms with Crippen molar-refractivity contribution in [2.24, 2.45) is 0 Å². The van der Waals surface area contributed by atoms with E-state index in [0.29, 0.717) is 0 Å². The number of fused-ring (bicyclic) bond motifs is 5. The van der Waals surface area contributed by atoms with Crippen LogP contribution in [0.25, 0.3) is 22.0 Å². The standard InChI is InChI=1S/C24H18N2/c1-24(2)17-8-4-6-10-20(17)26-19-9-5-3-7-16(19)22-21-15(13-14-25-22)11-12-18(24)23(21)26/h3-14H,1-2H3. The van der Waals surface area contributed by atoms with Crippen molar-refractivity contribution in [3.63, 3.8) is 0 Å². The molecule has 6 rings (SSSR count). The van der Waals surface area contributed by atoms with Crippen LogP contribution in [0.2, 0.25) is 0 Å². The molecule has 0 aliphatic carbocycles. The van der Waals surface area contributed by atoms with Gasteiger partial charge in [0.05, 0.1) is 22.8 Å². The Morgan fingerprint density at radius 3 is 2.42 bits per heavy atom. The van der Waals surface area contributed by atoms with Crippen molar-refractivity contribution in [3.05, 3.63) is 84.1 Å². The van der Waals surface area contributed by atoms with E-state index in [1.54, 1.807) is 0 Å². The normalized spacial score (nSPS) is 15.5. The Morgan fingerprint density at radius 2 is 1.54 bits per heavy atom. The van der Waals surface area contributed by atoms with Gasteiger partial charge in [-0.05, 0) is 34.7 Å². The lowest BCUT2D eigenvalue weighted by molar-refractivity contribution is 0.633. The summed E-state index contributed by atoms with van der Waals surface area (Å²) in [5, 5.41) is 2.52. The van der Waals surface area contributed by atoms with Gasteiger partial charge < -0.3 is 4.90 Å². The summed E-state index contributed by atoms with van der Waals surface area (Å²) in [4.78, 5) is 7.24. The maximum Gasteiger partial charge on any atom is 0.0822 e. The number of benzene rings is 3. The number of anilines is 3. The first-order valence-electron chi connectivity index (χ1n) is 9.09. The fourth-order valence-electron chi connectivity index (χ4n) is 4.77. The Kier molecular flexibility index (Phi) is 2.45. The molecule has 2 aliphatic rings. The van der Waals surface area contributed by atoms with Crippen LogP contribution in [0.15, 0.2) is 72.9 Å². The Hall–Kier alpha value is -3.13. The molecule has 2 nitrogen and oxygen atoms in total. The van der Waals surface area contributed by atoms with E-state index in [4.69, 9.17) is 4.98 Å². The van der Waals surface area contributed by atoms with Gasteiger partial charge in [-0.2, -0.15) is 0 Å². The second kappa shape index (κ2) is 4.53. The molecule has 0 spiro atoms. The highest BCUT2D eigenvalue weighted by atomic mass is 15.2. The number of nitrogens with zero attached hydrogens (tertiary/aromatic N) is 2. The molecule has 124 valence electrons. The average Bonchev–Trinajstić information content (AvgIpc) is 2.68. The first kappa shape index (κ1) is 14.1. The van der Waals surface area contributed by atoms with Gasteiger partial charge in [-0.3, -0.25) is 4.98 Å². The van der Waals surface area contributed by atoms with Gasteiger partial charge >= 0.3 is 0 Å². The first-order valence-corrected chi connectivity index (χ1v) is 9.09. The topological polar surface area (TPSA) is 16.1 Å². The fourth-order valence-corrected chi connectivity index (χ4v) is 4.77. The Balaban J connectivity index is 1.89. The van der Waals surface area contributed by atoms with Gasteiger partial charge in [-0.1, -0.05) is 62.4 Å². The molecule has 26 heavy (non-hydrogen) atoms. The van der Waals surface area contributed by atoms with Crippen LogP contribution in [0.1, 0.15) is 25.0 Å². The highest BCUT2D eigenvalue weighted by molar-refractivity contribution is 6.14. The molecule has 4 aromatic rings. The SMILES string of the molecule is CC1(C)c2ccccc2N2c3ccccc3-c3nccc4ccc1c2c34. The van der Waals surface area contributed by atoms with Gasteiger partial charge in [0.1, 0.15) is 0 Å². The average molecular weight is 334 g/mol. The molecule has 0 bridgehead atoms. The van der Waals surface area contributed by atoms with E-state index < -0.39 is 0 Å². The maximum atomic E-state index is 4.79. The molecule has 0 saturated heterocycles. The molecule has 0 radical (unpaired) electrons. The van der Waals surface area contributed by atoms with Crippen molar-refractivity contribution in [2.75, 3.05) is 4.90 Å². The molecular weight excluding hydrogens is 316 g/mol. The van der Waals surface area contributed by atoms with Crippen molar-refractivity contribution in [2.45, 2.75) is 19.3 Å². The lowest BCUT2D eigenvalue weighted by Gasteiger charge is -2.45. The number of hydrogen-bond donors (Lipinski definition) is 0. The monoisotopic (exact) mass is 334 g/mol. The largest absolute Gasteiger partial charge is 0.308 e. The molecule has 0 saturated carbocycles. The third kappa shape index (κ3) is 1.51. The van der Waals surface area contributed by atoms with Crippen molar-refractivity contribution in [1.29, 1.82) is 0 Å². The summed E-state index contributed by atoms with van der Waals surface area (Å²) >= 11 is 0. The van der Waals surface area contributed by atoms with Crippen LogP contribution in [0.5, 0.6) is 0 Å². The van der Waals surface area contributed by atoms with E-state index in [2.05, 4.69) is 85.5 Å². The molecule has 0 atom stereocenters. The third-order valence-electron chi connectivity index (χ3n) is 6.02. The Labute approximate surface area is 152 Å². The lowest BCUT2D eigenvalue weighted by Crippen LogP contribution is -2.32. The van der Waals surface area contributed by atoms with E-state index in [9.17, 15) is 0 Å². The van der Waals surface area contributed by atoms with Crippen molar-refractivity contribution in [3.8, 4) is 11.3 Å². The third-order valence-corrected chi connectivity index (χ3v) is 6.02. The zero-order chi connectivity index (χ0) is 17.5. The zero-order valence-corrected chi connectivity index (χ0v) is 14.8. The molecule has 3 aromatic carbocycles. The predicted octanol–water partition coefficient (Wildman–Crippen LogP) is 6.32. The van der Waals surface area contributed by atoms with E-state index in [-0.39, 0.29) is 5.41 Å². The molecule has 0 unspecified atom stereocenters. The Morgan fingerprint density at radius 1 is 0.769 bits per heavy atom. The minimum atomic E-state index is -0.0456. The zero-order valence-electron chi connectivity index (χ0n) is 14.8.